The second kappa shape index (κ2) is 5.21. The average molecular weight is 273 g/mol. The number of hydrogen-bond donors (Lipinski definition) is 1. The van der Waals surface area contributed by atoms with Crippen molar-refractivity contribution in [3.8, 4) is 0 Å². The number of nitrogens with zero attached hydrogens (tertiary/aromatic N) is 1. The van der Waals surface area contributed by atoms with E-state index in [4.69, 9.17) is 4.74 Å². The van der Waals surface area contributed by atoms with Crippen LogP contribution in [0.15, 0.2) is 30.3 Å². The minimum absolute atomic E-state index is 0.541. The van der Waals surface area contributed by atoms with E-state index in [9.17, 15) is 9.90 Å². The van der Waals surface area contributed by atoms with Gasteiger partial charge in [0.1, 0.15) is 0 Å². The topological polar surface area (TPSA) is 59.4 Å². The Labute approximate surface area is 118 Å². The Morgan fingerprint density at radius 3 is 2.55 bits per heavy atom. The molecule has 4 nitrogen and oxygen atoms in total. The fourth-order valence-corrected chi connectivity index (χ4v) is 2.09. The molecule has 0 bridgehead atoms. The summed E-state index contributed by atoms with van der Waals surface area (Å²) < 4.78 is 5.68. The van der Waals surface area contributed by atoms with Crippen LogP contribution in [0.2, 0.25) is 0 Å². The molecule has 106 valence electrons. The van der Waals surface area contributed by atoms with E-state index in [2.05, 4.69) is 4.98 Å². The van der Waals surface area contributed by atoms with Crippen molar-refractivity contribution >= 4 is 16.9 Å². The molecule has 0 spiro atoms. The fourth-order valence-electron chi connectivity index (χ4n) is 2.09. The van der Waals surface area contributed by atoms with E-state index >= 15 is 0 Å². The molecule has 0 radical (unpaired) electrons. The van der Waals surface area contributed by atoms with Crippen molar-refractivity contribution in [1.29, 1.82) is 0 Å². The summed E-state index contributed by atoms with van der Waals surface area (Å²) in [6, 6.07) is 9.49. The van der Waals surface area contributed by atoms with Gasteiger partial charge in [-0.1, -0.05) is 18.2 Å². The van der Waals surface area contributed by atoms with Crippen molar-refractivity contribution in [2.75, 3.05) is 0 Å². The number of pyridine rings is 1. The van der Waals surface area contributed by atoms with Crippen molar-refractivity contribution in [2.45, 2.75) is 39.4 Å². The molecule has 1 aromatic carbocycles. The Kier molecular flexibility index (Phi) is 3.77. The van der Waals surface area contributed by atoms with E-state index in [0.29, 0.717) is 11.3 Å². The van der Waals surface area contributed by atoms with E-state index in [0.717, 1.165) is 10.9 Å². The van der Waals surface area contributed by atoms with E-state index in [1.54, 1.807) is 0 Å². The third-order valence-electron chi connectivity index (χ3n) is 2.93. The smallest absolute Gasteiger partial charge is 0.337 e. The van der Waals surface area contributed by atoms with Crippen LogP contribution in [0.1, 0.15) is 38.1 Å². The van der Waals surface area contributed by atoms with Crippen LogP contribution in [-0.4, -0.2) is 21.7 Å². The minimum Gasteiger partial charge on any atom is -0.479 e. The van der Waals surface area contributed by atoms with Gasteiger partial charge in [0.2, 0.25) is 0 Å². The maximum absolute atomic E-state index is 11.5. The average Bonchev–Trinajstić information content (AvgIpc) is 2.34. The molecule has 1 unspecified atom stereocenters. The normalized spacial score (nSPS) is 13.4. The summed E-state index contributed by atoms with van der Waals surface area (Å²) >= 11 is 0. The van der Waals surface area contributed by atoms with Gasteiger partial charge in [-0.05, 0) is 39.8 Å². The first-order valence-corrected chi connectivity index (χ1v) is 6.55. The van der Waals surface area contributed by atoms with Gasteiger partial charge in [-0.15, -0.1) is 0 Å². The Hall–Kier alpha value is -1.94. The van der Waals surface area contributed by atoms with Gasteiger partial charge in [-0.3, -0.25) is 4.98 Å². The lowest BCUT2D eigenvalue weighted by Gasteiger charge is -2.26. The van der Waals surface area contributed by atoms with Crippen LogP contribution < -0.4 is 0 Å². The molecule has 0 fully saturated rings. The summed E-state index contributed by atoms with van der Waals surface area (Å²) in [6.07, 6.45) is -1.01. The van der Waals surface area contributed by atoms with Crippen molar-refractivity contribution in [1.82, 2.24) is 4.98 Å². The predicted molar refractivity (Wildman–Crippen MR) is 77.7 cm³/mol. The number of aromatic nitrogens is 1. The monoisotopic (exact) mass is 273 g/mol. The lowest BCUT2D eigenvalue weighted by molar-refractivity contribution is -0.160. The van der Waals surface area contributed by atoms with Crippen LogP contribution >= 0.6 is 0 Å². The number of carboxylic acid groups (broad SMARTS) is 1. The first-order chi connectivity index (χ1) is 9.28. The molecule has 1 atom stereocenters. The number of benzene rings is 1. The Balaban J connectivity index is 2.53. The number of carbonyl (C=O) groups is 1. The summed E-state index contributed by atoms with van der Waals surface area (Å²) in [5.41, 5.74) is 1.60. The number of ether oxygens (including phenoxy) is 1. The SMILES string of the molecule is Cc1nc2ccccc2cc1C(OC(C)(C)C)C(=O)O. The summed E-state index contributed by atoms with van der Waals surface area (Å²) in [5.74, 6) is -1.000. The van der Waals surface area contributed by atoms with Crippen LogP contribution in [0.4, 0.5) is 0 Å². The van der Waals surface area contributed by atoms with Crippen molar-refractivity contribution in [3.05, 3.63) is 41.6 Å². The second-order valence-corrected chi connectivity index (χ2v) is 5.80. The highest BCUT2D eigenvalue weighted by Crippen LogP contribution is 2.28. The van der Waals surface area contributed by atoms with Gasteiger partial charge in [0.15, 0.2) is 6.10 Å². The third kappa shape index (κ3) is 3.14. The highest BCUT2D eigenvalue weighted by Gasteiger charge is 2.28. The molecule has 0 amide bonds. The molecule has 0 saturated heterocycles. The zero-order valence-corrected chi connectivity index (χ0v) is 12.2. The lowest BCUT2D eigenvalue weighted by Crippen LogP contribution is -2.28. The van der Waals surface area contributed by atoms with Crippen LogP contribution in [0.5, 0.6) is 0 Å². The van der Waals surface area contributed by atoms with Crippen LogP contribution in [0.3, 0.4) is 0 Å². The number of carboxylic acids is 1. The number of hydrogen-bond acceptors (Lipinski definition) is 3. The van der Waals surface area contributed by atoms with Gasteiger partial charge in [0.05, 0.1) is 11.1 Å². The summed E-state index contributed by atoms with van der Waals surface area (Å²) in [4.78, 5) is 16.0. The highest BCUT2D eigenvalue weighted by molar-refractivity contribution is 5.82. The van der Waals surface area contributed by atoms with Gasteiger partial charge in [0.25, 0.3) is 0 Å². The highest BCUT2D eigenvalue weighted by atomic mass is 16.5. The summed E-state index contributed by atoms with van der Waals surface area (Å²) in [5, 5.41) is 10.3. The van der Waals surface area contributed by atoms with Crippen LogP contribution in [0.25, 0.3) is 10.9 Å². The first-order valence-electron chi connectivity index (χ1n) is 6.55. The Morgan fingerprint density at radius 1 is 1.30 bits per heavy atom. The zero-order valence-electron chi connectivity index (χ0n) is 12.2. The molecule has 20 heavy (non-hydrogen) atoms. The molecule has 0 aliphatic heterocycles. The van der Waals surface area contributed by atoms with Gasteiger partial charge in [-0.2, -0.15) is 0 Å². The molecule has 0 aliphatic rings. The largest absolute Gasteiger partial charge is 0.479 e. The molecule has 0 aliphatic carbocycles. The third-order valence-corrected chi connectivity index (χ3v) is 2.93. The predicted octanol–water partition coefficient (Wildman–Crippen LogP) is 3.48. The van der Waals surface area contributed by atoms with Gasteiger partial charge >= 0.3 is 5.97 Å². The molecule has 2 rings (SSSR count). The maximum atomic E-state index is 11.5. The number of aryl methyl sites for hydroxylation is 1. The minimum atomic E-state index is -1.01. The molecule has 4 heteroatoms. The second-order valence-electron chi connectivity index (χ2n) is 5.80. The van der Waals surface area contributed by atoms with Crippen molar-refractivity contribution in [2.24, 2.45) is 0 Å². The molecule has 2 aromatic rings. The van der Waals surface area contributed by atoms with Gasteiger partial charge in [0, 0.05) is 16.6 Å². The standard InChI is InChI=1S/C16H19NO3/c1-10-12(14(15(18)19)20-16(2,3)4)9-11-7-5-6-8-13(11)17-10/h5-9,14H,1-4H3,(H,18,19). The molecule has 0 saturated carbocycles. The number of fused-ring (bicyclic) bond motifs is 1. The van der Waals surface area contributed by atoms with Crippen molar-refractivity contribution < 1.29 is 14.6 Å². The molecule has 1 N–H and O–H groups in total. The molecular weight excluding hydrogens is 254 g/mol. The molecular formula is C16H19NO3. The van der Waals surface area contributed by atoms with Crippen LogP contribution in [-0.2, 0) is 9.53 Å². The lowest BCUT2D eigenvalue weighted by atomic mass is 10.0. The molecule has 1 aromatic heterocycles. The van der Waals surface area contributed by atoms with E-state index in [1.807, 2.05) is 58.0 Å². The Morgan fingerprint density at radius 2 is 1.95 bits per heavy atom. The van der Waals surface area contributed by atoms with E-state index < -0.39 is 17.7 Å². The van der Waals surface area contributed by atoms with Gasteiger partial charge < -0.3 is 9.84 Å². The summed E-state index contributed by atoms with van der Waals surface area (Å²) in [7, 11) is 0. The fraction of sp³-hybridized carbons (Fsp3) is 0.375. The molecule has 1 heterocycles. The first kappa shape index (κ1) is 14.5. The summed E-state index contributed by atoms with van der Waals surface area (Å²) in [6.45, 7) is 7.33. The number of rotatable bonds is 3. The zero-order chi connectivity index (χ0) is 14.9. The van der Waals surface area contributed by atoms with Crippen molar-refractivity contribution in [3.63, 3.8) is 0 Å². The quantitative estimate of drug-likeness (QED) is 0.930. The van der Waals surface area contributed by atoms with Gasteiger partial charge in [-0.25, -0.2) is 4.79 Å². The Bertz CT molecular complexity index is 644. The maximum Gasteiger partial charge on any atom is 0.337 e. The van der Waals surface area contributed by atoms with Crippen LogP contribution in [0, 0.1) is 6.92 Å². The van der Waals surface area contributed by atoms with E-state index in [-0.39, 0.29) is 0 Å². The number of para-hydroxylation sites is 1. The van der Waals surface area contributed by atoms with E-state index in [1.165, 1.54) is 0 Å². The number of aliphatic carboxylic acids is 1.